The molecule has 0 fully saturated rings. The molecule has 0 bridgehead atoms. The molecule has 1 atom stereocenters. The molecule has 4 heteroatoms. The molecule has 19 heavy (non-hydrogen) atoms. The number of rotatable bonds is 8. The van der Waals surface area contributed by atoms with Crippen molar-refractivity contribution in [1.29, 1.82) is 0 Å². The van der Waals surface area contributed by atoms with Crippen molar-refractivity contribution in [1.82, 2.24) is 5.32 Å². The molecule has 0 amide bonds. The molecular formula is C15H23F2NO. The average molecular weight is 271 g/mol. The highest BCUT2D eigenvalue weighted by Crippen LogP contribution is 2.12. The second-order valence-electron chi connectivity index (χ2n) is 4.86. The average Bonchev–Trinajstić information content (AvgIpc) is 2.37. The normalized spacial score (nSPS) is 12.9. The van der Waals surface area contributed by atoms with Crippen LogP contribution in [0.2, 0.25) is 0 Å². The van der Waals surface area contributed by atoms with Crippen molar-refractivity contribution in [2.45, 2.75) is 39.2 Å². The van der Waals surface area contributed by atoms with Gasteiger partial charge in [-0.05, 0) is 50.4 Å². The van der Waals surface area contributed by atoms with Crippen LogP contribution in [0, 0.1) is 13.8 Å². The second-order valence-corrected chi connectivity index (χ2v) is 4.86. The Kier molecular flexibility index (Phi) is 6.95. The Morgan fingerprint density at radius 1 is 1.21 bits per heavy atom. The summed E-state index contributed by atoms with van der Waals surface area (Å²) in [4.78, 5) is 0. The summed E-state index contributed by atoms with van der Waals surface area (Å²) >= 11 is 0. The minimum Gasteiger partial charge on any atom is -0.375 e. The van der Waals surface area contributed by atoms with Gasteiger partial charge in [-0.1, -0.05) is 18.2 Å². The first-order valence-corrected chi connectivity index (χ1v) is 6.62. The number of alkyl halides is 2. The van der Waals surface area contributed by atoms with Crippen LogP contribution < -0.4 is 5.32 Å². The quantitative estimate of drug-likeness (QED) is 0.734. The summed E-state index contributed by atoms with van der Waals surface area (Å²) in [6, 6.07) is 6.66. The maximum absolute atomic E-state index is 11.9. The number of halogens is 2. The number of ether oxygens (including phenoxy) is 1. The van der Waals surface area contributed by atoms with Gasteiger partial charge in [0.1, 0.15) is 6.61 Å². The van der Waals surface area contributed by atoms with Gasteiger partial charge in [-0.2, -0.15) is 0 Å². The Morgan fingerprint density at radius 2 is 1.95 bits per heavy atom. The third kappa shape index (κ3) is 6.12. The van der Waals surface area contributed by atoms with Crippen LogP contribution in [-0.4, -0.2) is 32.7 Å². The number of likely N-dealkylation sites (N-methyl/N-ethyl adjacent to an activating group) is 1. The van der Waals surface area contributed by atoms with Crippen LogP contribution in [0.5, 0.6) is 0 Å². The van der Waals surface area contributed by atoms with Gasteiger partial charge in [0.2, 0.25) is 0 Å². The van der Waals surface area contributed by atoms with E-state index < -0.39 is 13.0 Å². The molecule has 1 unspecified atom stereocenters. The van der Waals surface area contributed by atoms with Crippen LogP contribution in [-0.2, 0) is 11.2 Å². The maximum atomic E-state index is 11.9. The van der Waals surface area contributed by atoms with E-state index in [4.69, 9.17) is 4.74 Å². The highest BCUT2D eigenvalue weighted by Gasteiger charge is 2.09. The van der Waals surface area contributed by atoms with Crippen LogP contribution in [0.4, 0.5) is 8.78 Å². The molecule has 1 aromatic rings. The molecule has 2 nitrogen and oxygen atoms in total. The van der Waals surface area contributed by atoms with E-state index in [1.54, 1.807) is 0 Å². The summed E-state index contributed by atoms with van der Waals surface area (Å²) in [7, 11) is 1.89. The predicted molar refractivity (Wildman–Crippen MR) is 73.9 cm³/mol. The van der Waals surface area contributed by atoms with Crippen LogP contribution in [0.15, 0.2) is 18.2 Å². The summed E-state index contributed by atoms with van der Waals surface area (Å²) in [5.74, 6) is 0. The molecular weight excluding hydrogens is 248 g/mol. The lowest BCUT2D eigenvalue weighted by Crippen LogP contribution is -2.29. The first-order chi connectivity index (χ1) is 9.02. The largest absolute Gasteiger partial charge is 0.375 e. The van der Waals surface area contributed by atoms with Gasteiger partial charge in [0.15, 0.2) is 0 Å². The van der Waals surface area contributed by atoms with E-state index in [0.717, 1.165) is 12.8 Å². The van der Waals surface area contributed by atoms with Gasteiger partial charge in [-0.15, -0.1) is 0 Å². The zero-order valence-electron chi connectivity index (χ0n) is 11.9. The minimum absolute atomic E-state index is 0.250. The Morgan fingerprint density at radius 3 is 2.53 bits per heavy atom. The number of nitrogens with one attached hydrogen (secondary N) is 1. The topological polar surface area (TPSA) is 21.3 Å². The van der Waals surface area contributed by atoms with E-state index in [0.29, 0.717) is 6.61 Å². The minimum atomic E-state index is -2.38. The van der Waals surface area contributed by atoms with E-state index in [1.807, 2.05) is 7.05 Å². The molecule has 108 valence electrons. The first kappa shape index (κ1) is 16.1. The van der Waals surface area contributed by atoms with E-state index in [1.165, 1.54) is 16.7 Å². The van der Waals surface area contributed by atoms with Gasteiger partial charge in [0.05, 0.1) is 0 Å². The van der Waals surface area contributed by atoms with Gasteiger partial charge in [-0.3, -0.25) is 0 Å². The Balaban J connectivity index is 2.40. The molecule has 0 spiro atoms. The summed E-state index contributed by atoms with van der Waals surface area (Å²) in [5.41, 5.74) is 3.82. The summed E-state index contributed by atoms with van der Waals surface area (Å²) in [5, 5.41) is 3.21. The molecule has 0 radical (unpaired) electrons. The summed E-state index contributed by atoms with van der Waals surface area (Å²) in [6.07, 6.45) is -0.765. The van der Waals surface area contributed by atoms with Crippen LogP contribution in [0.25, 0.3) is 0 Å². The van der Waals surface area contributed by atoms with Crippen molar-refractivity contribution in [3.8, 4) is 0 Å². The maximum Gasteiger partial charge on any atom is 0.261 e. The van der Waals surface area contributed by atoms with Crippen molar-refractivity contribution in [3.63, 3.8) is 0 Å². The van der Waals surface area contributed by atoms with Crippen LogP contribution in [0.1, 0.15) is 23.1 Å². The fourth-order valence-corrected chi connectivity index (χ4v) is 1.96. The zero-order chi connectivity index (χ0) is 14.3. The van der Waals surface area contributed by atoms with Crippen molar-refractivity contribution in [3.05, 3.63) is 34.9 Å². The molecule has 0 aliphatic heterocycles. The number of hydrogen-bond acceptors (Lipinski definition) is 2. The lowest BCUT2D eigenvalue weighted by molar-refractivity contribution is 0.0146. The van der Waals surface area contributed by atoms with E-state index in [2.05, 4.69) is 37.4 Å². The smallest absolute Gasteiger partial charge is 0.261 e. The molecule has 0 aliphatic carbocycles. The predicted octanol–water partition coefficient (Wildman–Crippen LogP) is 3.11. The second kappa shape index (κ2) is 8.23. The van der Waals surface area contributed by atoms with Gasteiger partial charge < -0.3 is 10.1 Å². The number of hydrogen-bond donors (Lipinski definition) is 1. The fraction of sp³-hybridized carbons (Fsp3) is 0.600. The molecule has 0 saturated carbocycles. The van der Waals surface area contributed by atoms with Crippen molar-refractivity contribution in [2.75, 3.05) is 20.3 Å². The molecule has 0 heterocycles. The summed E-state index contributed by atoms with van der Waals surface area (Å²) in [6.45, 7) is 4.08. The van der Waals surface area contributed by atoms with Crippen LogP contribution >= 0.6 is 0 Å². The van der Waals surface area contributed by atoms with Gasteiger partial charge in [0, 0.05) is 12.6 Å². The first-order valence-electron chi connectivity index (χ1n) is 6.62. The third-order valence-corrected chi connectivity index (χ3v) is 3.32. The van der Waals surface area contributed by atoms with E-state index in [-0.39, 0.29) is 6.04 Å². The number of aryl methyl sites for hydroxylation is 2. The van der Waals surface area contributed by atoms with E-state index >= 15 is 0 Å². The highest BCUT2D eigenvalue weighted by molar-refractivity contribution is 5.30. The highest BCUT2D eigenvalue weighted by atomic mass is 19.3. The molecule has 1 rings (SSSR count). The molecule has 1 N–H and O–H groups in total. The zero-order valence-corrected chi connectivity index (χ0v) is 11.9. The van der Waals surface area contributed by atoms with Gasteiger partial charge >= 0.3 is 0 Å². The van der Waals surface area contributed by atoms with Crippen molar-refractivity contribution < 1.29 is 13.5 Å². The van der Waals surface area contributed by atoms with Crippen LogP contribution in [0.3, 0.4) is 0 Å². The lowest BCUT2D eigenvalue weighted by atomic mass is 9.99. The van der Waals surface area contributed by atoms with Gasteiger partial charge in [-0.25, -0.2) is 8.78 Å². The standard InChI is InChI=1S/C15H23F2NO/c1-11-4-5-13(8-12(11)2)9-14(18-3)6-7-19-10-15(16)17/h4-5,8,14-15,18H,6-7,9-10H2,1-3H3. The lowest BCUT2D eigenvalue weighted by Gasteiger charge is -2.17. The monoisotopic (exact) mass is 271 g/mol. The Hall–Kier alpha value is -1.00. The third-order valence-electron chi connectivity index (χ3n) is 3.32. The molecule has 1 aromatic carbocycles. The van der Waals surface area contributed by atoms with Crippen molar-refractivity contribution >= 4 is 0 Å². The van der Waals surface area contributed by atoms with E-state index in [9.17, 15) is 8.78 Å². The van der Waals surface area contributed by atoms with Crippen molar-refractivity contribution in [2.24, 2.45) is 0 Å². The number of benzene rings is 1. The molecule has 0 saturated heterocycles. The Labute approximate surface area is 114 Å². The SMILES string of the molecule is CNC(CCOCC(F)F)Cc1ccc(C)c(C)c1. The summed E-state index contributed by atoms with van der Waals surface area (Å²) < 4.78 is 28.8. The molecule has 0 aliphatic rings. The Bertz CT molecular complexity index is 382. The molecule has 0 aromatic heterocycles. The fourth-order valence-electron chi connectivity index (χ4n) is 1.96. The van der Waals surface area contributed by atoms with Gasteiger partial charge in [0.25, 0.3) is 6.43 Å².